The predicted molar refractivity (Wildman–Crippen MR) is 78.9 cm³/mol. The summed E-state index contributed by atoms with van der Waals surface area (Å²) in [6.45, 7) is 12.2. The van der Waals surface area contributed by atoms with Gasteiger partial charge in [-0.1, -0.05) is 30.9 Å². The van der Waals surface area contributed by atoms with Gasteiger partial charge in [-0.05, 0) is 56.9 Å². The second-order valence-corrected chi connectivity index (χ2v) is 4.06. The van der Waals surface area contributed by atoms with Crippen molar-refractivity contribution in [2.24, 2.45) is 0 Å². The van der Waals surface area contributed by atoms with E-state index in [-0.39, 0.29) is 0 Å². The first-order chi connectivity index (χ1) is 8.06. The largest absolute Gasteiger partial charge is 0.391 e. The smallest absolute Gasteiger partial charge is 0.0149 e. The molecule has 0 unspecified atom stereocenters. The molecular formula is C16H25N. The van der Waals surface area contributed by atoms with E-state index >= 15 is 0 Å². The number of rotatable bonds is 6. The Labute approximate surface area is 106 Å². The summed E-state index contributed by atoms with van der Waals surface area (Å²) >= 11 is 0. The third kappa shape index (κ3) is 5.96. The zero-order chi connectivity index (χ0) is 13.3. The van der Waals surface area contributed by atoms with Gasteiger partial charge in [0, 0.05) is 12.7 Å². The van der Waals surface area contributed by atoms with Gasteiger partial charge in [-0.2, -0.15) is 0 Å². The number of hydrogen-bond acceptors (Lipinski definition) is 1. The van der Waals surface area contributed by atoms with Crippen LogP contribution in [0.5, 0.6) is 0 Å². The summed E-state index contributed by atoms with van der Waals surface area (Å²) in [6, 6.07) is 0. The molecule has 17 heavy (non-hydrogen) atoms. The average molecular weight is 231 g/mol. The lowest BCUT2D eigenvalue weighted by Crippen LogP contribution is -2.05. The van der Waals surface area contributed by atoms with Crippen molar-refractivity contribution < 1.29 is 0 Å². The fourth-order valence-electron chi connectivity index (χ4n) is 1.51. The molecule has 0 atom stereocenters. The summed E-state index contributed by atoms with van der Waals surface area (Å²) in [4.78, 5) is 0. The van der Waals surface area contributed by atoms with Gasteiger partial charge < -0.3 is 5.32 Å². The molecular weight excluding hydrogens is 206 g/mol. The number of hydrogen-bond donors (Lipinski definition) is 1. The highest BCUT2D eigenvalue weighted by Gasteiger charge is 2.00. The Kier molecular flexibility index (Phi) is 7.87. The van der Waals surface area contributed by atoms with E-state index in [4.69, 9.17) is 0 Å². The maximum absolute atomic E-state index is 4.03. The first-order valence-corrected chi connectivity index (χ1v) is 6.05. The van der Waals surface area contributed by atoms with Crippen LogP contribution in [0.1, 0.15) is 34.1 Å². The van der Waals surface area contributed by atoms with Crippen LogP contribution in [0.2, 0.25) is 0 Å². The molecule has 0 aromatic heterocycles. The molecule has 0 saturated carbocycles. The highest BCUT2D eigenvalue weighted by Crippen LogP contribution is 2.17. The molecule has 0 fully saturated rings. The molecule has 0 radical (unpaired) electrons. The molecule has 1 N–H and O–H groups in total. The van der Waals surface area contributed by atoms with Crippen molar-refractivity contribution >= 4 is 0 Å². The van der Waals surface area contributed by atoms with Gasteiger partial charge in [0.25, 0.3) is 0 Å². The summed E-state index contributed by atoms with van der Waals surface area (Å²) < 4.78 is 0. The molecule has 0 amide bonds. The summed E-state index contributed by atoms with van der Waals surface area (Å²) in [5.74, 6) is 0. The van der Waals surface area contributed by atoms with Crippen LogP contribution in [-0.4, -0.2) is 7.05 Å². The minimum absolute atomic E-state index is 0.953. The van der Waals surface area contributed by atoms with Crippen molar-refractivity contribution in [2.75, 3.05) is 7.05 Å². The quantitative estimate of drug-likeness (QED) is 0.523. The summed E-state index contributed by atoms with van der Waals surface area (Å²) in [5.41, 5.74) is 4.71. The molecule has 0 aliphatic carbocycles. The van der Waals surface area contributed by atoms with E-state index in [1.165, 1.54) is 11.1 Å². The molecule has 0 aliphatic heterocycles. The fraction of sp³-hybridized carbons (Fsp3) is 0.375. The van der Waals surface area contributed by atoms with E-state index in [0.29, 0.717) is 0 Å². The fourth-order valence-corrected chi connectivity index (χ4v) is 1.51. The first-order valence-electron chi connectivity index (χ1n) is 6.05. The zero-order valence-corrected chi connectivity index (χ0v) is 11.8. The van der Waals surface area contributed by atoms with Crippen molar-refractivity contribution in [1.29, 1.82) is 0 Å². The Bertz CT molecular complexity index is 365. The van der Waals surface area contributed by atoms with Gasteiger partial charge in [-0.3, -0.25) is 0 Å². The van der Waals surface area contributed by atoms with Crippen LogP contribution in [0.15, 0.2) is 59.4 Å². The van der Waals surface area contributed by atoms with Crippen molar-refractivity contribution in [1.82, 2.24) is 5.32 Å². The topological polar surface area (TPSA) is 12.0 Å². The maximum Gasteiger partial charge on any atom is 0.0149 e. The van der Waals surface area contributed by atoms with Crippen molar-refractivity contribution in [3.8, 4) is 0 Å². The van der Waals surface area contributed by atoms with Gasteiger partial charge >= 0.3 is 0 Å². The Morgan fingerprint density at radius 3 is 2.24 bits per heavy atom. The summed E-state index contributed by atoms with van der Waals surface area (Å²) in [5, 5.41) is 3.18. The van der Waals surface area contributed by atoms with Crippen LogP contribution in [0, 0.1) is 0 Å². The first kappa shape index (κ1) is 15.5. The van der Waals surface area contributed by atoms with Gasteiger partial charge in [0.2, 0.25) is 0 Å². The Morgan fingerprint density at radius 2 is 1.82 bits per heavy atom. The van der Waals surface area contributed by atoms with E-state index in [9.17, 15) is 0 Å². The van der Waals surface area contributed by atoms with Crippen molar-refractivity contribution in [3.05, 3.63) is 59.4 Å². The molecule has 0 bridgehead atoms. The van der Waals surface area contributed by atoms with E-state index in [0.717, 1.165) is 17.7 Å². The number of allylic oxidation sites excluding steroid dienone is 9. The van der Waals surface area contributed by atoms with Crippen LogP contribution in [0.3, 0.4) is 0 Å². The van der Waals surface area contributed by atoms with Crippen LogP contribution < -0.4 is 5.32 Å². The monoisotopic (exact) mass is 231 g/mol. The minimum atomic E-state index is 0.953. The third-order valence-electron chi connectivity index (χ3n) is 2.54. The van der Waals surface area contributed by atoms with Gasteiger partial charge in [0.05, 0.1) is 0 Å². The van der Waals surface area contributed by atoms with Crippen LogP contribution in [-0.2, 0) is 0 Å². The van der Waals surface area contributed by atoms with E-state index in [1.54, 1.807) is 0 Å². The summed E-state index contributed by atoms with van der Waals surface area (Å²) in [6.07, 6.45) is 11.6. The molecule has 0 aromatic rings. The highest BCUT2D eigenvalue weighted by atomic mass is 14.8. The molecule has 0 aliphatic rings. The lowest BCUT2D eigenvalue weighted by atomic mass is 10.0. The molecule has 94 valence electrons. The SMILES string of the molecule is C=C(C)C(/C=C(\C=C/C)C/C=C\C)=C(/C)NC. The van der Waals surface area contributed by atoms with E-state index in [1.807, 2.05) is 27.8 Å². The van der Waals surface area contributed by atoms with Gasteiger partial charge in [-0.25, -0.2) is 0 Å². The van der Waals surface area contributed by atoms with Crippen LogP contribution in [0.4, 0.5) is 0 Å². The Balaban J connectivity index is 5.30. The van der Waals surface area contributed by atoms with Crippen LogP contribution >= 0.6 is 0 Å². The second-order valence-electron chi connectivity index (χ2n) is 4.06. The second kappa shape index (κ2) is 8.63. The van der Waals surface area contributed by atoms with Crippen molar-refractivity contribution in [2.45, 2.75) is 34.1 Å². The minimum Gasteiger partial charge on any atom is -0.391 e. The Morgan fingerprint density at radius 1 is 1.18 bits per heavy atom. The zero-order valence-electron chi connectivity index (χ0n) is 11.8. The molecule has 0 rings (SSSR count). The molecule has 1 nitrogen and oxygen atoms in total. The molecule has 0 spiro atoms. The third-order valence-corrected chi connectivity index (χ3v) is 2.54. The highest BCUT2D eigenvalue weighted by molar-refractivity contribution is 5.44. The molecule has 0 aromatic carbocycles. The lowest BCUT2D eigenvalue weighted by Gasteiger charge is -2.09. The van der Waals surface area contributed by atoms with E-state index in [2.05, 4.69) is 49.2 Å². The Hall–Kier alpha value is -1.50. The van der Waals surface area contributed by atoms with Gasteiger partial charge in [0.1, 0.15) is 0 Å². The van der Waals surface area contributed by atoms with Crippen LogP contribution in [0.25, 0.3) is 0 Å². The molecule has 0 saturated heterocycles. The van der Waals surface area contributed by atoms with E-state index < -0.39 is 0 Å². The lowest BCUT2D eigenvalue weighted by molar-refractivity contribution is 0.970. The average Bonchev–Trinajstić information content (AvgIpc) is 2.31. The van der Waals surface area contributed by atoms with Gasteiger partial charge in [0.15, 0.2) is 0 Å². The molecule has 0 heterocycles. The normalized spacial score (nSPS) is 14.3. The predicted octanol–water partition coefficient (Wildman–Crippen LogP) is 4.52. The number of nitrogens with one attached hydrogen (secondary N) is 1. The van der Waals surface area contributed by atoms with Crippen molar-refractivity contribution in [3.63, 3.8) is 0 Å². The maximum atomic E-state index is 4.03. The standard InChI is InChI=1S/C16H25N/c1-7-9-11-15(10-8-2)12-16(13(3)4)14(5)17-6/h7-10,12,17H,3,11H2,1-2,4-6H3/b9-7-,10-8-,15-12+,16-14-. The summed E-state index contributed by atoms with van der Waals surface area (Å²) in [7, 11) is 1.94. The van der Waals surface area contributed by atoms with Gasteiger partial charge in [-0.15, -0.1) is 0 Å². The molecule has 1 heteroatoms.